The highest BCUT2D eigenvalue weighted by molar-refractivity contribution is 5.99. The summed E-state index contributed by atoms with van der Waals surface area (Å²) in [5.74, 6) is 0.166. The Hall–Kier alpha value is -1.93. The third-order valence-corrected chi connectivity index (χ3v) is 3.37. The number of likely N-dealkylation sites (N-methyl/N-ethyl adjacent to an activating group) is 1. The number of hydrogen-bond acceptors (Lipinski definition) is 2. The van der Waals surface area contributed by atoms with Crippen LogP contribution < -0.4 is 0 Å². The Morgan fingerprint density at radius 3 is 2.11 bits per heavy atom. The fourth-order valence-electron chi connectivity index (χ4n) is 2.05. The number of benzene rings is 2. The number of Topliss-reactive ketones (excluding diaryl/α,β-unsaturated/α-hetero) is 1. The van der Waals surface area contributed by atoms with E-state index in [0.29, 0.717) is 0 Å². The fraction of sp³-hybridized carbons (Fsp3) is 0.235. The van der Waals surface area contributed by atoms with Gasteiger partial charge < -0.3 is 0 Å². The monoisotopic (exact) mass is 253 g/mol. The number of nitrogens with zero attached hydrogens (tertiary/aromatic N) is 1. The van der Waals surface area contributed by atoms with Crippen LogP contribution in [0, 0.1) is 0 Å². The predicted molar refractivity (Wildman–Crippen MR) is 78.1 cm³/mol. The molecule has 19 heavy (non-hydrogen) atoms. The zero-order valence-electron chi connectivity index (χ0n) is 11.4. The standard InChI is InChI=1S/C17H19NO/c1-14(17(19)16-11-7-4-8-12-16)18(2)13-15-9-5-3-6-10-15/h3-12,14H,13H2,1-2H3/t14-/m1/s1. The lowest BCUT2D eigenvalue weighted by molar-refractivity contribution is 0.0862. The first-order valence-electron chi connectivity index (χ1n) is 6.52. The second kappa shape index (κ2) is 6.30. The highest BCUT2D eigenvalue weighted by Gasteiger charge is 2.19. The average Bonchev–Trinajstić information content (AvgIpc) is 2.47. The van der Waals surface area contributed by atoms with E-state index in [2.05, 4.69) is 17.0 Å². The minimum atomic E-state index is -0.123. The van der Waals surface area contributed by atoms with Crippen molar-refractivity contribution in [3.05, 3.63) is 71.8 Å². The first-order chi connectivity index (χ1) is 9.18. The summed E-state index contributed by atoms with van der Waals surface area (Å²) in [6, 6.07) is 19.5. The summed E-state index contributed by atoms with van der Waals surface area (Å²) in [5, 5.41) is 0. The van der Waals surface area contributed by atoms with Gasteiger partial charge in [-0.3, -0.25) is 9.69 Å². The Balaban J connectivity index is 2.03. The molecule has 2 rings (SSSR count). The summed E-state index contributed by atoms with van der Waals surface area (Å²) in [6.07, 6.45) is 0. The van der Waals surface area contributed by atoms with Crippen molar-refractivity contribution in [3.63, 3.8) is 0 Å². The summed E-state index contributed by atoms with van der Waals surface area (Å²) >= 11 is 0. The second-order valence-electron chi connectivity index (χ2n) is 4.81. The van der Waals surface area contributed by atoms with Crippen LogP contribution in [0.2, 0.25) is 0 Å². The van der Waals surface area contributed by atoms with E-state index in [4.69, 9.17) is 0 Å². The van der Waals surface area contributed by atoms with Gasteiger partial charge in [-0.25, -0.2) is 0 Å². The summed E-state index contributed by atoms with van der Waals surface area (Å²) in [7, 11) is 1.98. The van der Waals surface area contributed by atoms with Crippen LogP contribution >= 0.6 is 0 Å². The minimum absolute atomic E-state index is 0.123. The van der Waals surface area contributed by atoms with E-state index in [0.717, 1.165) is 12.1 Å². The molecular formula is C17H19NO. The van der Waals surface area contributed by atoms with Gasteiger partial charge in [0.1, 0.15) is 0 Å². The van der Waals surface area contributed by atoms with Gasteiger partial charge in [0.15, 0.2) is 5.78 Å². The molecule has 98 valence electrons. The Morgan fingerprint density at radius 1 is 1.00 bits per heavy atom. The molecule has 0 saturated carbocycles. The largest absolute Gasteiger partial charge is 0.292 e. The maximum Gasteiger partial charge on any atom is 0.179 e. The fourth-order valence-corrected chi connectivity index (χ4v) is 2.05. The van der Waals surface area contributed by atoms with E-state index >= 15 is 0 Å². The smallest absolute Gasteiger partial charge is 0.179 e. The molecule has 0 bridgehead atoms. The van der Waals surface area contributed by atoms with Crippen molar-refractivity contribution in [2.45, 2.75) is 19.5 Å². The van der Waals surface area contributed by atoms with Crippen LogP contribution in [0.15, 0.2) is 60.7 Å². The average molecular weight is 253 g/mol. The van der Waals surface area contributed by atoms with Crippen molar-refractivity contribution in [1.29, 1.82) is 0 Å². The first-order valence-corrected chi connectivity index (χ1v) is 6.52. The highest BCUT2D eigenvalue weighted by atomic mass is 16.1. The summed E-state index contributed by atoms with van der Waals surface area (Å²) in [5.41, 5.74) is 1.99. The van der Waals surface area contributed by atoms with Crippen molar-refractivity contribution in [1.82, 2.24) is 4.90 Å². The van der Waals surface area contributed by atoms with Crippen LogP contribution in [0.5, 0.6) is 0 Å². The summed E-state index contributed by atoms with van der Waals surface area (Å²) in [6.45, 7) is 2.73. The lowest BCUT2D eigenvalue weighted by Crippen LogP contribution is -2.35. The van der Waals surface area contributed by atoms with Gasteiger partial charge in [0.25, 0.3) is 0 Å². The number of carbonyl (C=O) groups is 1. The molecule has 0 unspecified atom stereocenters. The molecule has 0 aliphatic carbocycles. The number of ketones is 1. The first kappa shape index (κ1) is 13.5. The van der Waals surface area contributed by atoms with Gasteiger partial charge in [0.05, 0.1) is 6.04 Å². The molecule has 0 N–H and O–H groups in total. The van der Waals surface area contributed by atoms with Gasteiger partial charge in [-0.15, -0.1) is 0 Å². The van der Waals surface area contributed by atoms with Crippen LogP contribution in [-0.2, 0) is 6.54 Å². The Bertz CT molecular complexity index is 521. The summed E-state index contributed by atoms with van der Waals surface area (Å²) < 4.78 is 0. The molecule has 2 aromatic rings. The van der Waals surface area contributed by atoms with Gasteiger partial charge in [-0.05, 0) is 19.5 Å². The summed E-state index contributed by atoms with van der Waals surface area (Å²) in [4.78, 5) is 14.4. The van der Waals surface area contributed by atoms with Crippen LogP contribution in [0.3, 0.4) is 0 Å². The predicted octanol–water partition coefficient (Wildman–Crippen LogP) is 3.39. The Morgan fingerprint density at radius 2 is 1.53 bits per heavy atom. The van der Waals surface area contributed by atoms with Gasteiger partial charge >= 0.3 is 0 Å². The third-order valence-electron chi connectivity index (χ3n) is 3.37. The quantitative estimate of drug-likeness (QED) is 0.761. The van der Waals surface area contributed by atoms with Crippen LogP contribution in [0.25, 0.3) is 0 Å². The molecule has 0 amide bonds. The SMILES string of the molecule is C[C@H](C(=O)c1ccccc1)N(C)Cc1ccccc1. The van der Waals surface area contributed by atoms with Crippen molar-refractivity contribution >= 4 is 5.78 Å². The molecule has 2 nitrogen and oxygen atoms in total. The molecule has 0 aromatic heterocycles. The zero-order valence-corrected chi connectivity index (χ0v) is 11.4. The van der Waals surface area contributed by atoms with E-state index in [1.165, 1.54) is 5.56 Å². The molecule has 0 saturated heterocycles. The van der Waals surface area contributed by atoms with Crippen LogP contribution in [0.4, 0.5) is 0 Å². The molecule has 0 spiro atoms. The second-order valence-corrected chi connectivity index (χ2v) is 4.81. The molecule has 0 radical (unpaired) electrons. The molecule has 2 heteroatoms. The van der Waals surface area contributed by atoms with Crippen molar-refractivity contribution in [3.8, 4) is 0 Å². The van der Waals surface area contributed by atoms with Crippen molar-refractivity contribution < 1.29 is 4.79 Å². The van der Waals surface area contributed by atoms with Crippen molar-refractivity contribution in [2.24, 2.45) is 0 Å². The number of carbonyl (C=O) groups excluding carboxylic acids is 1. The number of hydrogen-bond donors (Lipinski definition) is 0. The molecule has 0 fully saturated rings. The van der Waals surface area contributed by atoms with E-state index in [-0.39, 0.29) is 11.8 Å². The highest BCUT2D eigenvalue weighted by Crippen LogP contribution is 2.11. The van der Waals surface area contributed by atoms with Crippen LogP contribution in [0.1, 0.15) is 22.8 Å². The molecule has 0 heterocycles. The lowest BCUT2D eigenvalue weighted by atomic mass is 10.0. The van der Waals surface area contributed by atoms with Crippen molar-refractivity contribution in [2.75, 3.05) is 7.05 Å². The van der Waals surface area contributed by atoms with E-state index in [1.54, 1.807) is 0 Å². The topological polar surface area (TPSA) is 20.3 Å². The van der Waals surface area contributed by atoms with Gasteiger partial charge in [0, 0.05) is 12.1 Å². The molecule has 1 atom stereocenters. The minimum Gasteiger partial charge on any atom is -0.292 e. The molecule has 0 aliphatic rings. The zero-order chi connectivity index (χ0) is 13.7. The Labute approximate surface area is 114 Å². The van der Waals surface area contributed by atoms with E-state index in [9.17, 15) is 4.79 Å². The Kier molecular flexibility index (Phi) is 4.48. The third kappa shape index (κ3) is 3.52. The molecule has 2 aromatic carbocycles. The van der Waals surface area contributed by atoms with Crippen LogP contribution in [-0.4, -0.2) is 23.8 Å². The molecule has 0 aliphatic heterocycles. The van der Waals surface area contributed by atoms with Gasteiger partial charge in [-0.1, -0.05) is 60.7 Å². The van der Waals surface area contributed by atoms with E-state index < -0.39 is 0 Å². The number of rotatable bonds is 5. The van der Waals surface area contributed by atoms with E-state index in [1.807, 2.05) is 62.5 Å². The lowest BCUT2D eigenvalue weighted by Gasteiger charge is -2.23. The van der Waals surface area contributed by atoms with Gasteiger partial charge in [-0.2, -0.15) is 0 Å². The van der Waals surface area contributed by atoms with Gasteiger partial charge in [0.2, 0.25) is 0 Å². The maximum atomic E-state index is 12.3. The normalized spacial score (nSPS) is 12.4. The molecular weight excluding hydrogens is 234 g/mol. The maximum absolute atomic E-state index is 12.3.